The van der Waals surface area contributed by atoms with E-state index in [1.165, 1.54) is 28.6 Å². The Hall–Kier alpha value is -3.17. The number of amides is 2. The number of aryl methyl sites for hydroxylation is 1. The summed E-state index contributed by atoms with van der Waals surface area (Å²) in [5.74, 6) is -2.01. The van der Waals surface area contributed by atoms with Gasteiger partial charge in [-0.1, -0.05) is 0 Å². The minimum Gasteiger partial charge on any atom is -0.480 e. The zero-order valence-corrected chi connectivity index (χ0v) is 15.1. The first-order valence-electron chi connectivity index (χ1n) is 8.20. The van der Waals surface area contributed by atoms with Crippen LogP contribution >= 0.6 is 0 Å². The van der Waals surface area contributed by atoms with Gasteiger partial charge in [-0.3, -0.25) is 19.0 Å². The van der Waals surface area contributed by atoms with Gasteiger partial charge in [-0.15, -0.1) is 0 Å². The summed E-state index contributed by atoms with van der Waals surface area (Å²) in [6.45, 7) is 7.49. The maximum atomic E-state index is 12.4. The molecule has 0 bridgehead atoms. The summed E-state index contributed by atoms with van der Waals surface area (Å²) in [5, 5.41) is 22.5. The molecule has 140 valence electrons. The largest absolute Gasteiger partial charge is 0.480 e. The number of anilines is 1. The van der Waals surface area contributed by atoms with Crippen LogP contribution in [0.3, 0.4) is 0 Å². The number of nitrogens with zero attached hydrogens (tertiary/aromatic N) is 4. The number of nitrogens with one attached hydrogen (secondary N) is 2. The van der Waals surface area contributed by atoms with Gasteiger partial charge >= 0.3 is 5.97 Å². The van der Waals surface area contributed by atoms with Gasteiger partial charge in [-0.25, -0.2) is 4.79 Å². The highest BCUT2D eigenvalue weighted by atomic mass is 16.4. The van der Waals surface area contributed by atoms with Gasteiger partial charge in [0.2, 0.25) is 0 Å². The van der Waals surface area contributed by atoms with E-state index in [1.54, 1.807) is 6.20 Å². The Bertz CT molecular complexity index is 823. The molecule has 0 spiro atoms. The van der Waals surface area contributed by atoms with Crippen molar-refractivity contribution in [3.63, 3.8) is 0 Å². The van der Waals surface area contributed by atoms with Crippen molar-refractivity contribution in [2.45, 2.75) is 46.3 Å². The molecule has 0 aliphatic heterocycles. The molecule has 0 saturated heterocycles. The van der Waals surface area contributed by atoms with Gasteiger partial charge in [-0.2, -0.15) is 10.2 Å². The van der Waals surface area contributed by atoms with Gasteiger partial charge in [0.15, 0.2) is 11.4 Å². The summed E-state index contributed by atoms with van der Waals surface area (Å²) in [7, 11) is 0. The summed E-state index contributed by atoms with van der Waals surface area (Å²) in [4.78, 5) is 35.7. The van der Waals surface area contributed by atoms with Crippen molar-refractivity contribution in [2.24, 2.45) is 0 Å². The Balaban J connectivity index is 2.22. The molecular weight excluding hydrogens is 340 g/mol. The minimum absolute atomic E-state index is 0.0394. The molecule has 0 aromatic carbocycles. The van der Waals surface area contributed by atoms with Gasteiger partial charge in [0.1, 0.15) is 6.04 Å². The lowest BCUT2D eigenvalue weighted by atomic mass is 10.3. The Labute approximate surface area is 150 Å². The van der Waals surface area contributed by atoms with Crippen LogP contribution < -0.4 is 10.6 Å². The van der Waals surface area contributed by atoms with Gasteiger partial charge in [0, 0.05) is 25.0 Å². The molecule has 2 aromatic heterocycles. The third-order valence-electron chi connectivity index (χ3n) is 3.56. The van der Waals surface area contributed by atoms with E-state index in [-0.39, 0.29) is 23.1 Å². The van der Waals surface area contributed by atoms with Crippen LogP contribution in [0.5, 0.6) is 0 Å². The fourth-order valence-corrected chi connectivity index (χ4v) is 2.15. The van der Waals surface area contributed by atoms with Crippen LogP contribution in [0.15, 0.2) is 18.5 Å². The van der Waals surface area contributed by atoms with E-state index in [0.29, 0.717) is 6.54 Å². The number of carboxylic acids is 1. The SMILES string of the molecule is CCn1cc(NC(=O)c2ccn(C(C)C(=O)O)n2)c(C(=O)NC(C)C)n1. The highest BCUT2D eigenvalue weighted by Gasteiger charge is 2.21. The number of carbonyl (C=O) groups is 3. The summed E-state index contributed by atoms with van der Waals surface area (Å²) >= 11 is 0. The van der Waals surface area contributed by atoms with Crippen LogP contribution in [-0.4, -0.2) is 48.5 Å². The van der Waals surface area contributed by atoms with Gasteiger partial charge in [0.25, 0.3) is 11.8 Å². The number of hydrogen-bond acceptors (Lipinski definition) is 5. The zero-order chi connectivity index (χ0) is 19.4. The minimum atomic E-state index is -1.06. The zero-order valence-electron chi connectivity index (χ0n) is 15.1. The maximum absolute atomic E-state index is 12.4. The number of rotatable bonds is 7. The molecule has 1 atom stereocenters. The van der Waals surface area contributed by atoms with Gasteiger partial charge in [0.05, 0.1) is 5.69 Å². The Morgan fingerprint density at radius 3 is 2.46 bits per heavy atom. The van der Waals surface area contributed by atoms with Crippen LogP contribution in [0.1, 0.15) is 54.7 Å². The van der Waals surface area contributed by atoms with Crippen molar-refractivity contribution in [1.29, 1.82) is 0 Å². The van der Waals surface area contributed by atoms with E-state index < -0.39 is 23.8 Å². The van der Waals surface area contributed by atoms with E-state index in [9.17, 15) is 14.4 Å². The highest BCUT2D eigenvalue weighted by molar-refractivity contribution is 6.07. The number of aromatic nitrogens is 4. The summed E-state index contributed by atoms with van der Waals surface area (Å²) in [6.07, 6.45) is 2.97. The van der Waals surface area contributed by atoms with Crippen LogP contribution in [0.25, 0.3) is 0 Å². The second-order valence-corrected chi connectivity index (χ2v) is 6.02. The average molecular weight is 362 g/mol. The Morgan fingerprint density at radius 2 is 1.88 bits per heavy atom. The standard InChI is InChI=1S/C16H22N6O4/c1-5-21-8-12(13(20-21)15(24)17-9(2)3)18-14(23)11-6-7-22(19-11)10(4)16(25)26/h6-10H,5H2,1-4H3,(H,17,24)(H,18,23)(H,25,26). The third-order valence-corrected chi connectivity index (χ3v) is 3.56. The maximum Gasteiger partial charge on any atom is 0.328 e. The van der Waals surface area contributed by atoms with Crippen LogP contribution in [-0.2, 0) is 11.3 Å². The van der Waals surface area contributed by atoms with Gasteiger partial charge in [-0.05, 0) is 33.8 Å². The van der Waals surface area contributed by atoms with Crippen molar-refractivity contribution in [3.8, 4) is 0 Å². The lowest BCUT2D eigenvalue weighted by Crippen LogP contribution is -2.31. The van der Waals surface area contributed by atoms with Crippen LogP contribution in [0.2, 0.25) is 0 Å². The topological polar surface area (TPSA) is 131 Å². The molecule has 0 saturated carbocycles. The van der Waals surface area contributed by atoms with E-state index >= 15 is 0 Å². The lowest BCUT2D eigenvalue weighted by molar-refractivity contribution is -0.140. The first-order chi connectivity index (χ1) is 12.2. The molecule has 0 radical (unpaired) electrons. The fraction of sp³-hybridized carbons (Fsp3) is 0.438. The summed E-state index contributed by atoms with van der Waals surface area (Å²) in [6, 6.07) is 0.435. The van der Waals surface area contributed by atoms with E-state index in [1.807, 2.05) is 20.8 Å². The van der Waals surface area contributed by atoms with Crippen LogP contribution in [0, 0.1) is 0 Å². The van der Waals surface area contributed by atoms with Gasteiger partial charge < -0.3 is 15.7 Å². The van der Waals surface area contributed by atoms with Crippen molar-refractivity contribution in [3.05, 3.63) is 29.8 Å². The molecule has 26 heavy (non-hydrogen) atoms. The summed E-state index contributed by atoms with van der Waals surface area (Å²) in [5.41, 5.74) is 0.403. The van der Waals surface area contributed by atoms with E-state index in [0.717, 1.165) is 0 Å². The highest BCUT2D eigenvalue weighted by Crippen LogP contribution is 2.16. The normalized spacial score (nSPS) is 12.0. The molecule has 10 heteroatoms. The van der Waals surface area contributed by atoms with Crippen LogP contribution in [0.4, 0.5) is 5.69 Å². The molecule has 0 aliphatic carbocycles. The molecule has 2 amide bonds. The average Bonchev–Trinajstić information content (AvgIpc) is 3.20. The first-order valence-corrected chi connectivity index (χ1v) is 8.20. The molecule has 0 aliphatic rings. The number of carboxylic acid groups (broad SMARTS) is 1. The molecule has 2 heterocycles. The molecule has 3 N–H and O–H groups in total. The molecular formula is C16H22N6O4. The van der Waals surface area contributed by atoms with E-state index in [4.69, 9.17) is 5.11 Å². The van der Waals surface area contributed by atoms with Crippen molar-refractivity contribution >= 4 is 23.5 Å². The summed E-state index contributed by atoms with van der Waals surface area (Å²) < 4.78 is 2.72. The molecule has 1 unspecified atom stereocenters. The first kappa shape index (κ1) is 19.2. The quantitative estimate of drug-likeness (QED) is 0.677. The monoisotopic (exact) mass is 362 g/mol. The van der Waals surface area contributed by atoms with Crippen molar-refractivity contribution in [1.82, 2.24) is 24.9 Å². The Morgan fingerprint density at radius 1 is 1.19 bits per heavy atom. The molecule has 2 aromatic rings. The predicted octanol–water partition coefficient (Wildman–Crippen LogP) is 1.14. The third kappa shape index (κ3) is 4.26. The lowest BCUT2D eigenvalue weighted by Gasteiger charge is -2.08. The number of aliphatic carboxylic acids is 1. The van der Waals surface area contributed by atoms with E-state index in [2.05, 4.69) is 20.8 Å². The number of hydrogen-bond donors (Lipinski definition) is 3. The van der Waals surface area contributed by atoms with Crippen molar-refractivity contribution < 1.29 is 19.5 Å². The number of carbonyl (C=O) groups excluding carboxylic acids is 2. The predicted molar refractivity (Wildman–Crippen MR) is 93.0 cm³/mol. The molecule has 0 fully saturated rings. The fourth-order valence-electron chi connectivity index (χ4n) is 2.15. The second kappa shape index (κ2) is 7.81. The Kier molecular flexibility index (Phi) is 5.75. The molecule has 2 rings (SSSR count). The molecule has 10 nitrogen and oxygen atoms in total. The van der Waals surface area contributed by atoms with Crippen molar-refractivity contribution in [2.75, 3.05) is 5.32 Å². The second-order valence-electron chi connectivity index (χ2n) is 6.02. The smallest absolute Gasteiger partial charge is 0.328 e.